The van der Waals surface area contributed by atoms with E-state index in [0.29, 0.717) is 17.3 Å². The Kier molecular flexibility index (Phi) is 5.44. The molecule has 2 heterocycles. The highest BCUT2D eigenvalue weighted by atomic mass is 16.5. The number of hydrogen-bond donors (Lipinski definition) is 4. The Bertz CT molecular complexity index is 954. The van der Waals surface area contributed by atoms with Crippen LogP contribution in [0.5, 0.6) is 0 Å². The van der Waals surface area contributed by atoms with Crippen LogP contribution in [0.15, 0.2) is 52.9 Å². The van der Waals surface area contributed by atoms with Crippen LogP contribution in [-0.4, -0.2) is 61.6 Å². The van der Waals surface area contributed by atoms with Crippen molar-refractivity contribution in [2.45, 2.75) is 37.4 Å². The lowest BCUT2D eigenvalue weighted by Crippen LogP contribution is -2.55. The number of aromatic nitrogens is 2. The molecule has 2 aromatic carbocycles. The molecule has 8 nitrogen and oxygen atoms in total. The van der Waals surface area contributed by atoms with E-state index in [4.69, 9.17) is 9.15 Å². The van der Waals surface area contributed by atoms with Crippen LogP contribution in [-0.2, 0) is 4.74 Å². The van der Waals surface area contributed by atoms with Gasteiger partial charge in [-0.3, -0.25) is 0 Å². The average molecular weight is 398 g/mol. The molecule has 5 atom stereocenters. The SMILES string of the molecule is Cc1nnc(-c2ccc(-c3ccc(C4OC(CO)C(O)C(O)C4O)cc3)cc2)o1. The number of aliphatic hydroxyl groups is 4. The first-order chi connectivity index (χ1) is 14.0. The molecule has 1 aromatic heterocycles. The van der Waals surface area contributed by atoms with Gasteiger partial charge in [0.05, 0.1) is 6.61 Å². The third-order valence-electron chi connectivity index (χ3n) is 5.12. The van der Waals surface area contributed by atoms with Crippen LogP contribution < -0.4 is 0 Å². The van der Waals surface area contributed by atoms with E-state index in [-0.39, 0.29) is 0 Å². The molecule has 4 rings (SSSR count). The number of aryl methyl sites for hydroxylation is 1. The maximum absolute atomic E-state index is 10.3. The summed E-state index contributed by atoms with van der Waals surface area (Å²) in [4.78, 5) is 0. The molecule has 29 heavy (non-hydrogen) atoms. The van der Waals surface area contributed by atoms with Gasteiger partial charge < -0.3 is 29.6 Å². The fourth-order valence-electron chi connectivity index (χ4n) is 3.46. The van der Waals surface area contributed by atoms with E-state index < -0.39 is 37.1 Å². The van der Waals surface area contributed by atoms with Crippen LogP contribution in [0.2, 0.25) is 0 Å². The molecule has 1 aliphatic heterocycles. The molecule has 1 aliphatic rings. The minimum Gasteiger partial charge on any atom is -0.421 e. The van der Waals surface area contributed by atoms with E-state index in [1.165, 1.54) is 0 Å². The van der Waals surface area contributed by atoms with Gasteiger partial charge in [0.1, 0.15) is 30.5 Å². The van der Waals surface area contributed by atoms with Gasteiger partial charge in [-0.2, -0.15) is 0 Å². The predicted molar refractivity (Wildman–Crippen MR) is 103 cm³/mol. The van der Waals surface area contributed by atoms with Crippen molar-refractivity contribution in [2.75, 3.05) is 6.61 Å². The number of nitrogens with zero attached hydrogens (tertiary/aromatic N) is 2. The lowest BCUT2D eigenvalue weighted by Gasteiger charge is -2.40. The average Bonchev–Trinajstić information content (AvgIpc) is 3.19. The van der Waals surface area contributed by atoms with E-state index >= 15 is 0 Å². The summed E-state index contributed by atoms with van der Waals surface area (Å²) < 4.78 is 11.0. The topological polar surface area (TPSA) is 129 Å². The van der Waals surface area contributed by atoms with Gasteiger partial charge in [0, 0.05) is 12.5 Å². The van der Waals surface area contributed by atoms with Crippen LogP contribution in [0.25, 0.3) is 22.6 Å². The van der Waals surface area contributed by atoms with Crippen LogP contribution in [0, 0.1) is 6.92 Å². The summed E-state index contributed by atoms with van der Waals surface area (Å²) >= 11 is 0. The summed E-state index contributed by atoms with van der Waals surface area (Å²) in [5.41, 5.74) is 3.40. The van der Waals surface area contributed by atoms with Gasteiger partial charge in [0.25, 0.3) is 0 Å². The van der Waals surface area contributed by atoms with Crippen LogP contribution >= 0.6 is 0 Å². The molecule has 0 aliphatic carbocycles. The van der Waals surface area contributed by atoms with Crippen molar-refractivity contribution in [1.82, 2.24) is 10.2 Å². The molecule has 0 radical (unpaired) electrons. The van der Waals surface area contributed by atoms with E-state index in [9.17, 15) is 20.4 Å². The number of benzene rings is 2. The first-order valence-corrected chi connectivity index (χ1v) is 9.29. The smallest absolute Gasteiger partial charge is 0.247 e. The Morgan fingerprint density at radius 1 is 0.793 bits per heavy atom. The van der Waals surface area contributed by atoms with Gasteiger partial charge in [-0.25, -0.2) is 0 Å². The lowest BCUT2D eigenvalue weighted by molar-refractivity contribution is -0.231. The Balaban J connectivity index is 1.53. The standard InChI is InChI=1S/C21H22N2O6/c1-11-22-23-21(28-11)15-8-4-13(5-9-15)12-2-6-14(7-3-12)20-19(27)18(26)17(25)16(10-24)29-20/h2-9,16-20,24-27H,10H2,1H3. The lowest BCUT2D eigenvalue weighted by atomic mass is 9.90. The second-order valence-electron chi connectivity index (χ2n) is 7.08. The van der Waals surface area contributed by atoms with Crippen molar-refractivity contribution in [1.29, 1.82) is 0 Å². The number of rotatable bonds is 4. The van der Waals surface area contributed by atoms with Crippen molar-refractivity contribution in [3.63, 3.8) is 0 Å². The Morgan fingerprint density at radius 2 is 1.38 bits per heavy atom. The minimum absolute atomic E-state index is 0.453. The molecule has 0 spiro atoms. The fraction of sp³-hybridized carbons (Fsp3) is 0.333. The largest absolute Gasteiger partial charge is 0.421 e. The molecule has 1 fully saturated rings. The molecule has 0 bridgehead atoms. The quantitative estimate of drug-likeness (QED) is 0.516. The van der Waals surface area contributed by atoms with E-state index in [1.807, 2.05) is 36.4 Å². The molecule has 3 aromatic rings. The number of aliphatic hydroxyl groups excluding tert-OH is 4. The molecular formula is C21H22N2O6. The third kappa shape index (κ3) is 3.81. The zero-order valence-electron chi connectivity index (χ0n) is 15.7. The summed E-state index contributed by atoms with van der Waals surface area (Å²) in [6, 6.07) is 15.0. The molecule has 1 saturated heterocycles. The van der Waals surface area contributed by atoms with Crippen molar-refractivity contribution in [3.05, 3.63) is 60.0 Å². The molecule has 152 valence electrons. The van der Waals surface area contributed by atoms with Crippen molar-refractivity contribution >= 4 is 0 Å². The van der Waals surface area contributed by atoms with Gasteiger partial charge >= 0.3 is 0 Å². The molecule has 0 amide bonds. The number of ether oxygens (including phenoxy) is 1. The maximum atomic E-state index is 10.3. The van der Waals surface area contributed by atoms with Gasteiger partial charge in [-0.1, -0.05) is 36.4 Å². The predicted octanol–water partition coefficient (Wildman–Crippen LogP) is 1.23. The third-order valence-corrected chi connectivity index (χ3v) is 5.12. The minimum atomic E-state index is -1.40. The van der Waals surface area contributed by atoms with Crippen molar-refractivity contribution < 1.29 is 29.6 Å². The second-order valence-corrected chi connectivity index (χ2v) is 7.08. The van der Waals surface area contributed by atoms with Gasteiger partial charge in [-0.05, 0) is 28.8 Å². The first kappa shape index (κ1) is 19.7. The fourth-order valence-corrected chi connectivity index (χ4v) is 3.46. The first-order valence-electron chi connectivity index (χ1n) is 9.29. The van der Waals surface area contributed by atoms with Crippen LogP contribution in [0.4, 0.5) is 0 Å². The normalized spacial score (nSPS) is 27.1. The Hall–Kier alpha value is -2.62. The van der Waals surface area contributed by atoms with Crippen LogP contribution in [0.1, 0.15) is 17.6 Å². The van der Waals surface area contributed by atoms with Crippen molar-refractivity contribution in [3.8, 4) is 22.6 Å². The molecule has 5 unspecified atom stereocenters. The zero-order chi connectivity index (χ0) is 20.5. The van der Waals surface area contributed by atoms with Crippen molar-refractivity contribution in [2.24, 2.45) is 0 Å². The monoisotopic (exact) mass is 398 g/mol. The van der Waals surface area contributed by atoms with Crippen LogP contribution in [0.3, 0.4) is 0 Å². The summed E-state index contributed by atoms with van der Waals surface area (Å²) in [6.07, 6.45) is -5.84. The Labute approximate surface area is 167 Å². The van der Waals surface area contributed by atoms with E-state index in [0.717, 1.165) is 16.7 Å². The Morgan fingerprint density at radius 3 is 1.93 bits per heavy atom. The number of hydrogen-bond acceptors (Lipinski definition) is 8. The zero-order valence-corrected chi connectivity index (χ0v) is 15.7. The highest BCUT2D eigenvalue weighted by molar-refractivity contribution is 5.67. The van der Waals surface area contributed by atoms with E-state index in [1.54, 1.807) is 19.1 Å². The van der Waals surface area contributed by atoms with Gasteiger partial charge in [0.2, 0.25) is 11.8 Å². The van der Waals surface area contributed by atoms with Gasteiger partial charge in [-0.15, -0.1) is 10.2 Å². The highest BCUT2D eigenvalue weighted by Gasteiger charge is 2.43. The van der Waals surface area contributed by atoms with Gasteiger partial charge in [0.15, 0.2) is 0 Å². The summed E-state index contributed by atoms with van der Waals surface area (Å²) in [5, 5.41) is 47.3. The molecule has 8 heteroatoms. The summed E-state index contributed by atoms with van der Waals surface area (Å²) in [7, 11) is 0. The molecular weight excluding hydrogens is 376 g/mol. The maximum Gasteiger partial charge on any atom is 0.247 e. The molecule has 0 saturated carbocycles. The van der Waals surface area contributed by atoms with E-state index in [2.05, 4.69) is 10.2 Å². The second kappa shape index (κ2) is 8.02. The summed E-state index contributed by atoms with van der Waals surface area (Å²) in [6.45, 7) is 1.29. The summed E-state index contributed by atoms with van der Waals surface area (Å²) in [5.74, 6) is 0.972. The molecule has 4 N–H and O–H groups in total. The highest BCUT2D eigenvalue weighted by Crippen LogP contribution is 2.33.